The average Bonchev–Trinajstić information content (AvgIpc) is 3.43. The highest BCUT2D eigenvalue weighted by Gasteiger charge is 2.72. The van der Waals surface area contributed by atoms with Crippen LogP contribution >= 0.6 is 0 Å². The number of nitrogens with zero attached hydrogens (tertiary/aromatic N) is 1. The van der Waals surface area contributed by atoms with Crippen molar-refractivity contribution in [2.45, 2.75) is 189 Å². The summed E-state index contributed by atoms with van der Waals surface area (Å²) in [4.78, 5) is 32.6. The summed E-state index contributed by atoms with van der Waals surface area (Å²) in [5.74, 6) is 0.984. The maximum absolute atomic E-state index is 15.2. The molecule has 7 aliphatic rings. The lowest BCUT2D eigenvalue weighted by atomic mass is 9.34. The van der Waals surface area contributed by atoms with E-state index in [-0.39, 0.29) is 46.1 Å². The van der Waals surface area contributed by atoms with Crippen molar-refractivity contribution in [2.24, 2.45) is 44.8 Å². The first-order valence-electron chi connectivity index (χ1n) is 23.9. The van der Waals surface area contributed by atoms with E-state index in [0.29, 0.717) is 43.9 Å². The third kappa shape index (κ3) is 5.82. The van der Waals surface area contributed by atoms with Gasteiger partial charge in [-0.05, 0) is 134 Å². The molecule has 7 nitrogen and oxygen atoms in total. The van der Waals surface area contributed by atoms with E-state index < -0.39 is 28.5 Å². The van der Waals surface area contributed by atoms with Crippen LogP contribution in [0.1, 0.15) is 166 Å². The molecule has 0 unspecified atom stereocenters. The van der Waals surface area contributed by atoms with E-state index in [0.717, 1.165) is 43.3 Å². The second kappa shape index (κ2) is 13.5. The number of aromatic amines is 1. The van der Waals surface area contributed by atoms with E-state index in [1.165, 1.54) is 71.0 Å². The van der Waals surface area contributed by atoms with Gasteiger partial charge < -0.3 is 24.5 Å². The molecule has 1 aromatic carbocycles. The zero-order valence-electron chi connectivity index (χ0n) is 38.1. The van der Waals surface area contributed by atoms with Crippen molar-refractivity contribution in [1.82, 2.24) is 9.55 Å². The van der Waals surface area contributed by atoms with E-state index in [1.807, 2.05) is 13.8 Å². The van der Waals surface area contributed by atoms with E-state index in [2.05, 4.69) is 88.6 Å². The highest BCUT2D eigenvalue weighted by atomic mass is 16.6. The minimum Gasteiger partial charge on any atom is -0.392 e. The SMILES string of the molecule is Cc1cc(Cc2cn3c4c(c[nH]c24)CC[C@@](C)(C[C@@H](O)[C@H]2OC2(C)C)C2=C4[C@@H](C3)[C@@H](O)[C@@H]3[C@]5(C)CCC(=O)C(C)(C)[C@@H]5CC[C@]3(C)[C@@]4(C)CC2=O)cc(C2CCCCC2)c1. The number of allylic oxidation sites excluding steroid dienone is 1. The van der Waals surface area contributed by atoms with Crippen LogP contribution in [0.2, 0.25) is 0 Å². The van der Waals surface area contributed by atoms with Gasteiger partial charge >= 0.3 is 0 Å². The number of rotatable bonds is 6. The summed E-state index contributed by atoms with van der Waals surface area (Å²) in [5.41, 5.74) is 8.57. The van der Waals surface area contributed by atoms with Crippen LogP contribution in [-0.2, 0) is 33.7 Å². The molecule has 5 fully saturated rings. The second-order valence-electron chi connectivity index (χ2n) is 23.5. The molecule has 60 heavy (non-hydrogen) atoms. The molecule has 4 heterocycles. The number of ketones is 2. The smallest absolute Gasteiger partial charge is 0.160 e. The van der Waals surface area contributed by atoms with Gasteiger partial charge in [-0.2, -0.15) is 0 Å². The van der Waals surface area contributed by atoms with Crippen molar-refractivity contribution in [1.29, 1.82) is 0 Å². The van der Waals surface area contributed by atoms with Crippen LogP contribution in [0, 0.1) is 51.8 Å². The summed E-state index contributed by atoms with van der Waals surface area (Å²) >= 11 is 0. The maximum atomic E-state index is 15.2. The van der Waals surface area contributed by atoms with Crippen LogP contribution in [0.4, 0.5) is 0 Å². The molecule has 5 aliphatic carbocycles. The summed E-state index contributed by atoms with van der Waals surface area (Å²) in [5, 5.41) is 25.4. The van der Waals surface area contributed by atoms with Crippen molar-refractivity contribution >= 4 is 22.6 Å². The van der Waals surface area contributed by atoms with Crippen molar-refractivity contribution in [2.75, 3.05) is 0 Å². The standard InChI is InChI=1S/C53H72N2O5/c1-30-21-31(23-34(22-30)32-13-11-10-12-14-32)24-35-28-55-29-36-41-42(50(6,25-38(57)47-49(4,5)60-47)18-15-33-27-54-43(35)44(33)55)37(56)26-53(41,9)52(8)20-16-39-48(2,3)40(58)17-19-51(39,7)46(52)45(36)59/h21-23,27-28,32,36,38-39,45-47,54,57,59H,10-20,24-26,29H2,1-9H3/t36-,38-,39+,45-,46-,47-,50+,51-,52+,53+/m1/s1. The Morgan fingerprint density at radius 2 is 1.67 bits per heavy atom. The van der Waals surface area contributed by atoms with Crippen LogP contribution in [0.25, 0.3) is 11.0 Å². The molecular weight excluding hydrogens is 745 g/mol. The molecule has 3 N–H and O–H groups in total. The molecule has 0 radical (unpaired) electrons. The zero-order valence-corrected chi connectivity index (χ0v) is 38.1. The largest absolute Gasteiger partial charge is 0.392 e. The van der Waals surface area contributed by atoms with E-state index >= 15 is 4.79 Å². The number of hydrogen-bond acceptors (Lipinski definition) is 5. The summed E-state index contributed by atoms with van der Waals surface area (Å²) in [6.45, 7) is 20.6. The number of aliphatic hydroxyl groups excluding tert-OH is 2. The highest BCUT2D eigenvalue weighted by Crippen LogP contribution is 2.75. The van der Waals surface area contributed by atoms with Gasteiger partial charge in [0.05, 0.1) is 28.8 Å². The minimum absolute atomic E-state index is 0.0794. The number of nitrogens with one attached hydrogen (secondary N) is 1. The van der Waals surface area contributed by atoms with Gasteiger partial charge in [0.15, 0.2) is 5.78 Å². The Kier molecular flexibility index (Phi) is 9.24. The number of H-pyrrole nitrogens is 1. The number of fused-ring (bicyclic) bond motifs is 4. The Bertz CT molecular complexity index is 2300. The van der Waals surface area contributed by atoms with Gasteiger partial charge in [-0.3, -0.25) is 9.59 Å². The van der Waals surface area contributed by atoms with Gasteiger partial charge in [-0.1, -0.05) is 84.6 Å². The predicted molar refractivity (Wildman–Crippen MR) is 237 cm³/mol. The third-order valence-electron chi connectivity index (χ3n) is 19.2. The number of Topliss-reactive ketones (excluding diaryl/α,β-unsaturated/α-hetero) is 2. The van der Waals surface area contributed by atoms with E-state index in [4.69, 9.17) is 4.74 Å². The van der Waals surface area contributed by atoms with Gasteiger partial charge in [-0.15, -0.1) is 0 Å². The first-order valence-corrected chi connectivity index (χ1v) is 23.9. The molecule has 3 aromatic rings. The average molecular weight is 817 g/mol. The lowest BCUT2D eigenvalue weighted by molar-refractivity contribution is -0.220. The molecule has 10 rings (SSSR count). The fourth-order valence-corrected chi connectivity index (χ4v) is 16.0. The fourth-order valence-electron chi connectivity index (χ4n) is 16.0. The first kappa shape index (κ1) is 41.0. The molecule has 0 spiro atoms. The van der Waals surface area contributed by atoms with Crippen molar-refractivity contribution in [3.05, 3.63) is 69.6 Å². The number of carbonyl (C=O) groups excluding carboxylic acids is 2. The van der Waals surface area contributed by atoms with Crippen LogP contribution in [0.5, 0.6) is 0 Å². The number of aliphatic hydroxyl groups is 2. The van der Waals surface area contributed by atoms with Crippen LogP contribution in [0.3, 0.4) is 0 Å². The fraction of sp³-hybridized carbons (Fsp3) is 0.698. The molecule has 0 bridgehead atoms. The molecule has 2 aromatic heterocycles. The topological polar surface area (TPSA) is 108 Å². The van der Waals surface area contributed by atoms with Gasteiger partial charge in [0.25, 0.3) is 0 Å². The Hall–Kier alpha value is -3.00. The third-order valence-corrected chi connectivity index (χ3v) is 19.2. The minimum atomic E-state index is -0.707. The number of benzene rings is 1. The van der Waals surface area contributed by atoms with Crippen LogP contribution in [-0.4, -0.2) is 55.2 Å². The Morgan fingerprint density at radius 1 is 0.933 bits per heavy atom. The van der Waals surface area contributed by atoms with Gasteiger partial charge in [0, 0.05) is 60.5 Å². The molecule has 0 amide bonds. The number of epoxide rings is 1. The number of aryl methyl sites for hydroxylation is 2. The summed E-state index contributed by atoms with van der Waals surface area (Å²) in [6.07, 6.45) is 15.7. The van der Waals surface area contributed by atoms with E-state index in [1.54, 1.807) is 0 Å². The summed E-state index contributed by atoms with van der Waals surface area (Å²) in [7, 11) is 0. The molecular formula is C53H72N2O5. The summed E-state index contributed by atoms with van der Waals surface area (Å²) < 4.78 is 8.49. The lowest BCUT2D eigenvalue weighted by Crippen LogP contribution is -2.67. The number of aromatic nitrogens is 2. The molecule has 2 aliphatic heterocycles. The van der Waals surface area contributed by atoms with Gasteiger partial charge in [0.2, 0.25) is 0 Å². The molecule has 10 atom stereocenters. The normalized spacial score (nSPS) is 39.0. The molecule has 1 saturated heterocycles. The zero-order chi connectivity index (χ0) is 42.5. The second-order valence-corrected chi connectivity index (χ2v) is 23.5. The number of hydrogen-bond donors (Lipinski definition) is 3. The highest BCUT2D eigenvalue weighted by molar-refractivity contribution is 6.02. The first-order chi connectivity index (χ1) is 28.2. The van der Waals surface area contributed by atoms with Crippen LogP contribution < -0.4 is 0 Å². The molecule has 4 saturated carbocycles. The Labute approximate surface area is 358 Å². The lowest BCUT2D eigenvalue weighted by Gasteiger charge is -2.70. The number of carbonyl (C=O) groups is 2. The van der Waals surface area contributed by atoms with Crippen molar-refractivity contribution < 1.29 is 24.5 Å². The Morgan fingerprint density at radius 3 is 2.38 bits per heavy atom. The van der Waals surface area contributed by atoms with Crippen molar-refractivity contribution in [3.63, 3.8) is 0 Å². The Balaban J connectivity index is 1.13. The van der Waals surface area contributed by atoms with Crippen LogP contribution in [0.15, 0.2) is 41.7 Å². The van der Waals surface area contributed by atoms with Gasteiger partial charge in [0.1, 0.15) is 11.9 Å². The number of ether oxygens (including phenoxy) is 1. The van der Waals surface area contributed by atoms with Gasteiger partial charge in [-0.25, -0.2) is 0 Å². The van der Waals surface area contributed by atoms with E-state index in [9.17, 15) is 15.0 Å². The quantitative estimate of drug-likeness (QED) is 0.215. The molecule has 324 valence electrons. The predicted octanol–water partition coefficient (Wildman–Crippen LogP) is 10.5. The van der Waals surface area contributed by atoms with Crippen molar-refractivity contribution in [3.8, 4) is 0 Å². The molecule has 7 heteroatoms. The summed E-state index contributed by atoms with van der Waals surface area (Å²) in [6, 6.07) is 7.25. The maximum Gasteiger partial charge on any atom is 0.160 e. The monoisotopic (exact) mass is 817 g/mol.